The molecule has 2 rings (SSSR count). The molecule has 0 aromatic heterocycles. The number of hydrogen-bond donors (Lipinski definition) is 1. The first-order valence-electron chi connectivity index (χ1n) is 8.08. The molecule has 1 amide bonds. The summed E-state index contributed by atoms with van der Waals surface area (Å²) in [7, 11) is -3.61. The van der Waals surface area contributed by atoms with Crippen LogP contribution in [0.2, 0.25) is 0 Å². The minimum absolute atomic E-state index is 0.338. The Labute approximate surface area is 149 Å². The van der Waals surface area contributed by atoms with E-state index < -0.39 is 16.1 Å². The standard InChI is InChI=1S/C19H24N2O3S/c1-14-10-11-15(2)18(12-14)21(25(4,23)24)16(3)19(22)20-13-17-8-6-5-7-9-17/h5-12,16H,13H2,1-4H3,(H,20,22)/t16-/m1/s1. The molecule has 0 aliphatic carbocycles. The molecule has 2 aromatic carbocycles. The molecule has 0 saturated carbocycles. The fourth-order valence-electron chi connectivity index (χ4n) is 2.67. The number of anilines is 1. The number of amides is 1. The number of aryl methyl sites for hydroxylation is 2. The maximum Gasteiger partial charge on any atom is 0.243 e. The predicted octanol–water partition coefficient (Wildman–Crippen LogP) is 2.77. The van der Waals surface area contributed by atoms with Gasteiger partial charge in [-0.3, -0.25) is 9.10 Å². The number of carbonyl (C=O) groups excluding carboxylic acids is 1. The molecule has 1 atom stereocenters. The number of hydrogen-bond acceptors (Lipinski definition) is 3. The Morgan fingerprint density at radius 1 is 1.12 bits per heavy atom. The van der Waals surface area contributed by atoms with Crippen molar-refractivity contribution in [3.63, 3.8) is 0 Å². The lowest BCUT2D eigenvalue weighted by Gasteiger charge is -2.29. The molecular formula is C19H24N2O3S. The van der Waals surface area contributed by atoms with Crippen molar-refractivity contribution >= 4 is 21.6 Å². The van der Waals surface area contributed by atoms with E-state index in [1.165, 1.54) is 4.31 Å². The number of sulfonamides is 1. The summed E-state index contributed by atoms with van der Waals surface area (Å²) in [4.78, 5) is 12.6. The van der Waals surface area contributed by atoms with E-state index >= 15 is 0 Å². The van der Waals surface area contributed by atoms with E-state index in [4.69, 9.17) is 0 Å². The largest absolute Gasteiger partial charge is 0.350 e. The first-order chi connectivity index (χ1) is 11.7. The monoisotopic (exact) mass is 360 g/mol. The van der Waals surface area contributed by atoms with Crippen LogP contribution in [0.4, 0.5) is 5.69 Å². The van der Waals surface area contributed by atoms with Gasteiger partial charge >= 0.3 is 0 Å². The molecule has 0 unspecified atom stereocenters. The molecule has 2 aromatic rings. The molecule has 25 heavy (non-hydrogen) atoms. The van der Waals surface area contributed by atoms with Crippen molar-refractivity contribution in [2.45, 2.75) is 33.4 Å². The molecule has 0 aliphatic heterocycles. The van der Waals surface area contributed by atoms with Crippen LogP contribution in [0, 0.1) is 13.8 Å². The molecular weight excluding hydrogens is 336 g/mol. The smallest absolute Gasteiger partial charge is 0.243 e. The number of carbonyl (C=O) groups is 1. The normalized spacial score (nSPS) is 12.5. The van der Waals surface area contributed by atoms with E-state index in [0.29, 0.717) is 12.2 Å². The lowest BCUT2D eigenvalue weighted by molar-refractivity contribution is -0.122. The van der Waals surface area contributed by atoms with Gasteiger partial charge in [-0.25, -0.2) is 8.42 Å². The molecule has 0 aliphatic rings. The maximum atomic E-state index is 12.6. The Hall–Kier alpha value is -2.34. The SMILES string of the molecule is Cc1ccc(C)c(N([C@H](C)C(=O)NCc2ccccc2)S(C)(=O)=O)c1. The molecule has 0 spiro atoms. The summed E-state index contributed by atoms with van der Waals surface area (Å²) in [5, 5.41) is 2.81. The second-order valence-corrected chi connectivity index (χ2v) is 8.09. The third-order valence-corrected chi connectivity index (χ3v) is 5.23. The van der Waals surface area contributed by atoms with Gasteiger partial charge in [-0.2, -0.15) is 0 Å². The van der Waals surface area contributed by atoms with Crippen LogP contribution in [0.25, 0.3) is 0 Å². The van der Waals surface area contributed by atoms with Crippen molar-refractivity contribution in [3.05, 3.63) is 65.2 Å². The van der Waals surface area contributed by atoms with Crippen LogP contribution in [0.5, 0.6) is 0 Å². The lowest BCUT2D eigenvalue weighted by atomic mass is 10.1. The summed E-state index contributed by atoms with van der Waals surface area (Å²) in [6.45, 7) is 5.68. The number of benzene rings is 2. The summed E-state index contributed by atoms with van der Waals surface area (Å²) >= 11 is 0. The van der Waals surface area contributed by atoms with Crippen LogP contribution in [0.3, 0.4) is 0 Å². The van der Waals surface area contributed by atoms with E-state index in [2.05, 4.69) is 5.32 Å². The number of nitrogens with zero attached hydrogens (tertiary/aromatic N) is 1. The zero-order chi connectivity index (χ0) is 18.6. The summed E-state index contributed by atoms with van der Waals surface area (Å²) in [6.07, 6.45) is 1.12. The maximum absolute atomic E-state index is 12.6. The molecule has 0 saturated heterocycles. The van der Waals surface area contributed by atoms with Crippen LogP contribution in [0.15, 0.2) is 48.5 Å². The highest BCUT2D eigenvalue weighted by molar-refractivity contribution is 7.92. The fraction of sp³-hybridized carbons (Fsp3) is 0.316. The highest BCUT2D eigenvalue weighted by Crippen LogP contribution is 2.26. The summed E-state index contributed by atoms with van der Waals surface area (Å²) in [5.41, 5.74) is 3.23. The number of rotatable bonds is 6. The molecule has 6 heteroatoms. The van der Waals surface area contributed by atoms with Crippen molar-refractivity contribution in [1.82, 2.24) is 5.32 Å². The first kappa shape index (κ1) is 19.0. The quantitative estimate of drug-likeness (QED) is 0.861. The van der Waals surface area contributed by atoms with E-state index in [0.717, 1.165) is 22.9 Å². The van der Waals surface area contributed by atoms with Gasteiger partial charge in [0.25, 0.3) is 0 Å². The van der Waals surface area contributed by atoms with Crippen molar-refractivity contribution in [1.29, 1.82) is 0 Å². The van der Waals surface area contributed by atoms with Gasteiger partial charge in [-0.05, 0) is 43.5 Å². The number of nitrogens with one attached hydrogen (secondary N) is 1. The third kappa shape index (κ3) is 4.82. The molecule has 0 radical (unpaired) electrons. The topological polar surface area (TPSA) is 66.5 Å². The summed E-state index contributed by atoms with van der Waals surface area (Å²) in [5.74, 6) is -0.338. The Kier molecular flexibility index (Phi) is 5.85. The molecule has 5 nitrogen and oxygen atoms in total. The van der Waals surface area contributed by atoms with E-state index in [1.54, 1.807) is 13.0 Å². The van der Waals surface area contributed by atoms with Crippen LogP contribution in [-0.2, 0) is 21.4 Å². The Bertz CT molecular complexity index is 848. The Balaban J connectivity index is 2.25. The van der Waals surface area contributed by atoms with Gasteiger partial charge in [0.15, 0.2) is 0 Å². The minimum Gasteiger partial charge on any atom is -0.350 e. The van der Waals surface area contributed by atoms with Gasteiger partial charge in [-0.1, -0.05) is 42.5 Å². The molecule has 0 fully saturated rings. The average molecular weight is 360 g/mol. The van der Waals surface area contributed by atoms with Gasteiger partial charge < -0.3 is 5.32 Å². The van der Waals surface area contributed by atoms with Crippen LogP contribution < -0.4 is 9.62 Å². The second kappa shape index (κ2) is 7.70. The van der Waals surface area contributed by atoms with E-state index in [-0.39, 0.29) is 5.91 Å². The highest BCUT2D eigenvalue weighted by atomic mass is 32.2. The van der Waals surface area contributed by atoms with E-state index in [1.807, 2.05) is 56.3 Å². The van der Waals surface area contributed by atoms with Crippen LogP contribution in [-0.4, -0.2) is 26.6 Å². The molecule has 1 N–H and O–H groups in total. The van der Waals surface area contributed by atoms with Gasteiger partial charge in [0, 0.05) is 6.54 Å². The van der Waals surface area contributed by atoms with Gasteiger partial charge in [0.1, 0.15) is 6.04 Å². The predicted molar refractivity (Wildman–Crippen MR) is 101 cm³/mol. The Morgan fingerprint density at radius 3 is 2.36 bits per heavy atom. The molecule has 0 bridgehead atoms. The van der Waals surface area contributed by atoms with Crippen molar-refractivity contribution in [2.75, 3.05) is 10.6 Å². The molecule has 0 heterocycles. The van der Waals surface area contributed by atoms with Gasteiger partial charge in [-0.15, -0.1) is 0 Å². The highest BCUT2D eigenvalue weighted by Gasteiger charge is 2.30. The van der Waals surface area contributed by atoms with E-state index in [9.17, 15) is 13.2 Å². The van der Waals surface area contributed by atoms with Crippen LogP contribution >= 0.6 is 0 Å². The van der Waals surface area contributed by atoms with Crippen molar-refractivity contribution < 1.29 is 13.2 Å². The average Bonchev–Trinajstić information content (AvgIpc) is 2.55. The lowest BCUT2D eigenvalue weighted by Crippen LogP contribution is -2.48. The summed E-state index contributed by atoms with van der Waals surface area (Å²) < 4.78 is 25.9. The van der Waals surface area contributed by atoms with Crippen LogP contribution in [0.1, 0.15) is 23.6 Å². The molecule has 134 valence electrons. The minimum atomic E-state index is -3.61. The fourth-order valence-corrected chi connectivity index (χ4v) is 3.89. The zero-order valence-corrected chi connectivity index (χ0v) is 15.8. The zero-order valence-electron chi connectivity index (χ0n) is 15.0. The Morgan fingerprint density at radius 2 is 1.76 bits per heavy atom. The first-order valence-corrected chi connectivity index (χ1v) is 9.93. The van der Waals surface area contributed by atoms with Gasteiger partial charge in [0.2, 0.25) is 15.9 Å². The van der Waals surface area contributed by atoms with Gasteiger partial charge in [0.05, 0.1) is 11.9 Å². The van der Waals surface area contributed by atoms with Crippen molar-refractivity contribution in [3.8, 4) is 0 Å². The van der Waals surface area contributed by atoms with Crippen molar-refractivity contribution in [2.24, 2.45) is 0 Å². The second-order valence-electron chi connectivity index (χ2n) is 6.23. The third-order valence-electron chi connectivity index (χ3n) is 4.00. The summed E-state index contributed by atoms with van der Waals surface area (Å²) in [6, 6.07) is 14.2.